The van der Waals surface area contributed by atoms with Crippen molar-refractivity contribution in [3.63, 3.8) is 0 Å². The number of urea groups is 1. The molecule has 3 nitrogen and oxygen atoms in total. The SMILES string of the molecule is CC1CCCCC1NC(=O)NC(C)(C)c1ccccc1. The van der Waals surface area contributed by atoms with Crippen molar-refractivity contribution in [3.8, 4) is 0 Å². The summed E-state index contributed by atoms with van der Waals surface area (Å²) in [5.74, 6) is 0.578. The maximum absolute atomic E-state index is 12.2. The summed E-state index contributed by atoms with van der Waals surface area (Å²) in [5.41, 5.74) is 0.760. The topological polar surface area (TPSA) is 41.1 Å². The Morgan fingerprint density at radius 3 is 2.45 bits per heavy atom. The molecule has 0 heterocycles. The minimum atomic E-state index is -0.358. The van der Waals surface area contributed by atoms with Crippen LogP contribution in [0.5, 0.6) is 0 Å². The lowest BCUT2D eigenvalue weighted by Gasteiger charge is -2.32. The average molecular weight is 274 g/mol. The van der Waals surface area contributed by atoms with Gasteiger partial charge < -0.3 is 10.6 Å². The fourth-order valence-corrected chi connectivity index (χ4v) is 2.95. The molecule has 110 valence electrons. The minimum absolute atomic E-state index is 0.0578. The monoisotopic (exact) mass is 274 g/mol. The first-order valence-electron chi connectivity index (χ1n) is 7.63. The zero-order chi connectivity index (χ0) is 14.6. The second kappa shape index (κ2) is 6.29. The summed E-state index contributed by atoms with van der Waals surface area (Å²) in [5, 5.41) is 6.23. The molecule has 2 unspecified atom stereocenters. The molecule has 0 aromatic heterocycles. The van der Waals surface area contributed by atoms with Crippen LogP contribution in [0.3, 0.4) is 0 Å². The van der Waals surface area contributed by atoms with E-state index in [1.54, 1.807) is 0 Å². The fraction of sp³-hybridized carbons (Fsp3) is 0.588. The van der Waals surface area contributed by atoms with E-state index in [-0.39, 0.29) is 11.6 Å². The summed E-state index contributed by atoms with van der Waals surface area (Å²) in [6.07, 6.45) is 4.82. The van der Waals surface area contributed by atoms with Crippen LogP contribution in [-0.4, -0.2) is 12.1 Å². The third kappa shape index (κ3) is 3.75. The van der Waals surface area contributed by atoms with E-state index in [9.17, 15) is 4.79 Å². The lowest BCUT2D eigenvalue weighted by molar-refractivity contribution is 0.212. The summed E-state index contributed by atoms with van der Waals surface area (Å²) in [6, 6.07) is 10.3. The Bertz CT molecular complexity index is 442. The Hall–Kier alpha value is -1.51. The van der Waals surface area contributed by atoms with Gasteiger partial charge in [0.2, 0.25) is 0 Å². The number of nitrogens with one attached hydrogen (secondary N) is 2. The van der Waals surface area contributed by atoms with Gasteiger partial charge in [-0.1, -0.05) is 50.1 Å². The molecule has 0 spiro atoms. The van der Waals surface area contributed by atoms with Gasteiger partial charge in [-0.3, -0.25) is 0 Å². The average Bonchev–Trinajstić information content (AvgIpc) is 2.42. The minimum Gasteiger partial charge on any atom is -0.335 e. The molecule has 2 N–H and O–H groups in total. The van der Waals surface area contributed by atoms with Gasteiger partial charge in [-0.25, -0.2) is 4.79 Å². The molecule has 0 aliphatic heterocycles. The van der Waals surface area contributed by atoms with Gasteiger partial charge >= 0.3 is 6.03 Å². The predicted molar refractivity (Wildman–Crippen MR) is 82.6 cm³/mol. The van der Waals surface area contributed by atoms with Crippen molar-refractivity contribution in [2.75, 3.05) is 0 Å². The summed E-state index contributed by atoms with van der Waals surface area (Å²) in [6.45, 7) is 6.30. The molecule has 1 fully saturated rings. The first-order valence-corrected chi connectivity index (χ1v) is 7.63. The maximum atomic E-state index is 12.2. The van der Waals surface area contributed by atoms with Gasteiger partial charge in [0, 0.05) is 6.04 Å². The summed E-state index contributed by atoms with van der Waals surface area (Å²) in [7, 11) is 0. The zero-order valence-corrected chi connectivity index (χ0v) is 12.8. The molecule has 1 aromatic carbocycles. The van der Waals surface area contributed by atoms with Crippen molar-refractivity contribution >= 4 is 6.03 Å². The first kappa shape index (κ1) is 14.9. The molecule has 1 aromatic rings. The standard InChI is InChI=1S/C17H26N2O/c1-13-9-7-8-12-15(13)18-16(20)19-17(2,3)14-10-5-4-6-11-14/h4-6,10-11,13,15H,7-9,12H2,1-3H3,(H2,18,19,20). The van der Waals surface area contributed by atoms with Crippen LogP contribution in [-0.2, 0) is 5.54 Å². The Morgan fingerprint density at radius 2 is 1.80 bits per heavy atom. The van der Waals surface area contributed by atoms with E-state index in [1.807, 2.05) is 44.2 Å². The van der Waals surface area contributed by atoms with E-state index < -0.39 is 0 Å². The Labute approximate surface area is 122 Å². The maximum Gasteiger partial charge on any atom is 0.315 e. The van der Waals surface area contributed by atoms with Gasteiger partial charge in [0.1, 0.15) is 0 Å². The molecule has 20 heavy (non-hydrogen) atoms. The molecule has 0 bridgehead atoms. The highest BCUT2D eigenvalue weighted by Crippen LogP contribution is 2.24. The number of rotatable bonds is 3. The van der Waals surface area contributed by atoms with Gasteiger partial charge in [-0.15, -0.1) is 0 Å². The second-order valence-electron chi connectivity index (χ2n) is 6.46. The van der Waals surface area contributed by atoms with Gasteiger partial charge in [0.05, 0.1) is 5.54 Å². The molecule has 2 atom stereocenters. The summed E-state index contributed by atoms with van der Waals surface area (Å²) < 4.78 is 0. The van der Waals surface area contributed by atoms with E-state index in [1.165, 1.54) is 19.3 Å². The largest absolute Gasteiger partial charge is 0.335 e. The van der Waals surface area contributed by atoms with Crippen LogP contribution in [0.1, 0.15) is 52.0 Å². The molecule has 1 saturated carbocycles. The zero-order valence-electron chi connectivity index (χ0n) is 12.8. The van der Waals surface area contributed by atoms with Crippen molar-refractivity contribution in [2.45, 2.75) is 58.0 Å². The van der Waals surface area contributed by atoms with E-state index in [0.29, 0.717) is 12.0 Å². The van der Waals surface area contributed by atoms with Crippen LogP contribution in [0.15, 0.2) is 30.3 Å². The third-order valence-electron chi connectivity index (χ3n) is 4.35. The molecular formula is C17H26N2O. The molecule has 0 saturated heterocycles. The van der Waals surface area contributed by atoms with Gasteiger partial charge in [-0.05, 0) is 38.2 Å². The van der Waals surface area contributed by atoms with Gasteiger partial charge in [0.15, 0.2) is 0 Å². The van der Waals surface area contributed by atoms with Crippen LogP contribution < -0.4 is 10.6 Å². The number of carbonyl (C=O) groups is 1. The lowest BCUT2D eigenvalue weighted by Crippen LogP contribution is -2.51. The van der Waals surface area contributed by atoms with Gasteiger partial charge in [-0.2, -0.15) is 0 Å². The predicted octanol–water partition coefficient (Wildman–Crippen LogP) is 3.80. The van der Waals surface area contributed by atoms with E-state index >= 15 is 0 Å². The Balaban J connectivity index is 1.93. The van der Waals surface area contributed by atoms with Crippen molar-refractivity contribution in [3.05, 3.63) is 35.9 Å². The van der Waals surface area contributed by atoms with Crippen molar-refractivity contribution < 1.29 is 4.79 Å². The van der Waals surface area contributed by atoms with Crippen LogP contribution in [0.4, 0.5) is 4.79 Å². The first-order chi connectivity index (χ1) is 9.49. The summed E-state index contributed by atoms with van der Waals surface area (Å²) in [4.78, 5) is 12.2. The van der Waals surface area contributed by atoms with E-state index in [2.05, 4.69) is 17.6 Å². The number of hydrogen-bond donors (Lipinski definition) is 2. The fourth-order valence-electron chi connectivity index (χ4n) is 2.95. The molecule has 1 aliphatic rings. The highest BCUT2D eigenvalue weighted by Gasteiger charge is 2.26. The molecule has 2 rings (SSSR count). The quantitative estimate of drug-likeness (QED) is 0.865. The van der Waals surface area contributed by atoms with Crippen LogP contribution in [0.25, 0.3) is 0 Å². The Kier molecular flexibility index (Phi) is 4.69. The lowest BCUT2D eigenvalue weighted by atomic mass is 9.86. The van der Waals surface area contributed by atoms with Crippen LogP contribution in [0.2, 0.25) is 0 Å². The third-order valence-corrected chi connectivity index (χ3v) is 4.35. The number of amides is 2. The van der Waals surface area contributed by atoms with Crippen LogP contribution >= 0.6 is 0 Å². The molecule has 0 radical (unpaired) electrons. The van der Waals surface area contributed by atoms with E-state index in [4.69, 9.17) is 0 Å². The molecule has 3 heteroatoms. The molecule has 2 amide bonds. The molecule has 1 aliphatic carbocycles. The summed E-state index contributed by atoms with van der Waals surface area (Å²) >= 11 is 0. The van der Waals surface area contributed by atoms with Crippen molar-refractivity contribution in [1.82, 2.24) is 10.6 Å². The van der Waals surface area contributed by atoms with Gasteiger partial charge in [0.25, 0.3) is 0 Å². The van der Waals surface area contributed by atoms with E-state index in [0.717, 1.165) is 12.0 Å². The number of benzene rings is 1. The highest BCUT2D eigenvalue weighted by molar-refractivity contribution is 5.75. The molecular weight excluding hydrogens is 248 g/mol. The number of hydrogen-bond acceptors (Lipinski definition) is 1. The van der Waals surface area contributed by atoms with Crippen LogP contribution in [0, 0.1) is 5.92 Å². The number of carbonyl (C=O) groups excluding carboxylic acids is 1. The van der Waals surface area contributed by atoms with Crippen molar-refractivity contribution in [2.24, 2.45) is 5.92 Å². The second-order valence-corrected chi connectivity index (χ2v) is 6.46. The highest BCUT2D eigenvalue weighted by atomic mass is 16.2. The normalized spacial score (nSPS) is 23.1. The van der Waals surface area contributed by atoms with Crippen molar-refractivity contribution in [1.29, 1.82) is 0 Å². The smallest absolute Gasteiger partial charge is 0.315 e. The Morgan fingerprint density at radius 1 is 1.15 bits per heavy atom.